The van der Waals surface area contributed by atoms with Crippen molar-refractivity contribution in [3.05, 3.63) is 35.9 Å². The van der Waals surface area contributed by atoms with E-state index in [4.69, 9.17) is 0 Å². The summed E-state index contributed by atoms with van der Waals surface area (Å²) in [6.45, 7) is 4.33. The second-order valence-corrected chi connectivity index (χ2v) is 6.13. The van der Waals surface area contributed by atoms with Crippen LogP contribution >= 0.6 is 0 Å². The topological polar surface area (TPSA) is 40.5 Å². The van der Waals surface area contributed by atoms with Crippen molar-refractivity contribution in [2.75, 3.05) is 0 Å². The molecule has 0 fully saturated rings. The first-order valence-corrected chi connectivity index (χ1v) is 8.63. The summed E-state index contributed by atoms with van der Waals surface area (Å²) in [7, 11) is 0. The quantitative estimate of drug-likeness (QED) is 0.445. The van der Waals surface area contributed by atoms with E-state index in [1.54, 1.807) is 0 Å². The minimum Gasteiger partial charge on any atom is -0.362 e. The Morgan fingerprint density at radius 2 is 1.43 bits per heavy atom. The molecular weight excluding hydrogens is 260 g/mol. The van der Waals surface area contributed by atoms with Gasteiger partial charge in [-0.25, -0.2) is 0 Å². The number of benzene rings is 1. The third-order valence-electron chi connectivity index (χ3n) is 4.31. The molecule has 1 aromatic carbocycles. The van der Waals surface area contributed by atoms with Gasteiger partial charge in [-0.15, -0.1) is 0 Å². The van der Waals surface area contributed by atoms with Crippen molar-refractivity contribution >= 4 is 0 Å². The fraction of sp³-hybridized carbons (Fsp3) is 0.684. The standard InChI is InChI=1S/C19H32O2/c1-3-5-6-7-8-10-14-17(13-4-2)19(20,21)18-15-11-9-12-16-18/h9,11-12,15-17,20-21H,3-8,10,13-14H2,1-2H3. The lowest BCUT2D eigenvalue weighted by atomic mass is 9.84. The maximum atomic E-state index is 10.6. The lowest BCUT2D eigenvalue weighted by Crippen LogP contribution is -2.35. The summed E-state index contributed by atoms with van der Waals surface area (Å²) < 4.78 is 0. The molecule has 0 saturated carbocycles. The van der Waals surface area contributed by atoms with E-state index in [2.05, 4.69) is 13.8 Å². The number of rotatable bonds is 11. The first kappa shape index (κ1) is 18.2. The van der Waals surface area contributed by atoms with E-state index in [0.29, 0.717) is 5.56 Å². The minimum atomic E-state index is -1.69. The molecule has 0 amide bonds. The van der Waals surface area contributed by atoms with Gasteiger partial charge >= 0.3 is 0 Å². The zero-order valence-corrected chi connectivity index (χ0v) is 13.7. The second kappa shape index (κ2) is 9.97. The van der Waals surface area contributed by atoms with E-state index >= 15 is 0 Å². The molecule has 2 nitrogen and oxygen atoms in total. The van der Waals surface area contributed by atoms with Gasteiger partial charge in [0.25, 0.3) is 0 Å². The molecule has 1 atom stereocenters. The molecule has 1 rings (SSSR count). The Labute approximate surface area is 130 Å². The van der Waals surface area contributed by atoms with Crippen LogP contribution in [0.25, 0.3) is 0 Å². The largest absolute Gasteiger partial charge is 0.362 e. The molecule has 2 heteroatoms. The van der Waals surface area contributed by atoms with E-state index < -0.39 is 5.79 Å². The highest BCUT2D eigenvalue weighted by Crippen LogP contribution is 2.34. The SMILES string of the molecule is CCCCCCCCC(CCC)C(O)(O)c1ccccc1. The third kappa shape index (κ3) is 6.19. The first-order valence-electron chi connectivity index (χ1n) is 8.63. The van der Waals surface area contributed by atoms with Crippen molar-refractivity contribution in [1.29, 1.82) is 0 Å². The summed E-state index contributed by atoms with van der Waals surface area (Å²) in [5.41, 5.74) is 0.620. The van der Waals surface area contributed by atoms with Gasteiger partial charge in [-0.05, 0) is 12.8 Å². The van der Waals surface area contributed by atoms with Gasteiger partial charge in [0.1, 0.15) is 0 Å². The van der Waals surface area contributed by atoms with Crippen LogP contribution in [-0.4, -0.2) is 10.2 Å². The van der Waals surface area contributed by atoms with Gasteiger partial charge < -0.3 is 10.2 Å². The maximum Gasteiger partial charge on any atom is 0.192 e. The summed E-state index contributed by atoms with van der Waals surface area (Å²) in [5.74, 6) is -1.77. The number of hydrogen-bond donors (Lipinski definition) is 2. The van der Waals surface area contributed by atoms with E-state index in [9.17, 15) is 10.2 Å². The molecule has 0 spiro atoms. The van der Waals surface area contributed by atoms with Crippen LogP contribution in [0.4, 0.5) is 0 Å². The van der Waals surface area contributed by atoms with Crippen molar-refractivity contribution in [3.63, 3.8) is 0 Å². The Hall–Kier alpha value is -0.860. The van der Waals surface area contributed by atoms with Crippen molar-refractivity contribution in [2.24, 2.45) is 5.92 Å². The first-order chi connectivity index (χ1) is 10.1. The number of aliphatic hydroxyl groups is 2. The van der Waals surface area contributed by atoms with Crippen molar-refractivity contribution in [2.45, 2.75) is 77.4 Å². The van der Waals surface area contributed by atoms with Crippen LogP contribution < -0.4 is 0 Å². The van der Waals surface area contributed by atoms with Gasteiger partial charge in [0.05, 0.1) is 0 Å². The molecule has 1 unspecified atom stereocenters. The van der Waals surface area contributed by atoms with Crippen LogP contribution in [0.2, 0.25) is 0 Å². The average molecular weight is 292 g/mol. The summed E-state index contributed by atoms with van der Waals surface area (Å²) >= 11 is 0. The van der Waals surface area contributed by atoms with Crippen molar-refractivity contribution < 1.29 is 10.2 Å². The molecule has 21 heavy (non-hydrogen) atoms. The second-order valence-electron chi connectivity index (χ2n) is 6.13. The lowest BCUT2D eigenvalue weighted by Gasteiger charge is -2.32. The van der Waals surface area contributed by atoms with E-state index in [1.807, 2.05) is 30.3 Å². The Bertz CT molecular complexity index is 359. The molecule has 0 bridgehead atoms. The molecule has 0 aliphatic rings. The summed E-state index contributed by atoms with van der Waals surface area (Å²) in [6.07, 6.45) is 10.2. The van der Waals surface area contributed by atoms with Gasteiger partial charge in [0.2, 0.25) is 0 Å². The van der Waals surface area contributed by atoms with Crippen LogP contribution in [-0.2, 0) is 5.79 Å². The predicted molar refractivity (Wildman–Crippen MR) is 88.9 cm³/mol. The summed E-state index contributed by atoms with van der Waals surface area (Å²) in [6, 6.07) is 9.25. The molecule has 0 heterocycles. The van der Waals surface area contributed by atoms with Crippen molar-refractivity contribution in [1.82, 2.24) is 0 Å². The highest BCUT2D eigenvalue weighted by Gasteiger charge is 2.34. The monoisotopic (exact) mass is 292 g/mol. The van der Waals surface area contributed by atoms with Crippen LogP contribution in [0.5, 0.6) is 0 Å². The van der Waals surface area contributed by atoms with E-state index in [-0.39, 0.29) is 5.92 Å². The number of hydrogen-bond acceptors (Lipinski definition) is 2. The lowest BCUT2D eigenvalue weighted by molar-refractivity contribution is -0.213. The Morgan fingerprint density at radius 3 is 2.05 bits per heavy atom. The molecule has 0 aliphatic carbocycles. The highest BCUT2D eigenvalue weighted by molar-refractivity contribution is 5.20. The van der Waals surface area contributed by atoms with Crippen LogP contribution in [0.3, 0.4) is 0 Å². The molecular formula is C19H32O2. The maximum absolute atomic E-state index is 10.6. The van der Waals surface area contributed by atoms with Gasteiger partial charge in [0.15, 0.2) is 5.79 Å². The smallest absolute Gasteiger partial charge is 0.192 e. The molecule has 1 aromatic rings. The Morgan fingerprint density at radius 1 is 0.810 bits per heavy atom. The average Bonchev–Trinajstić information content (AvgIpc) is 2.50. The van der Waals surface area contributed by atoms with Crippen LogP contribution in [0.1, 0.15) is 77.2 Å². The third-order valence-corrected chi connectivity index (χ3v) is 4.31. The zero-order chi connectivity index (χ0) is 15.6. The summed E-state index contributed by atoms with van der Waals surface area (Å²) in [4.78, 5) is 0. The van der Waals surface area contributed by atoms with Gasteiger partial charge in [0, 0.05) is 11.5 Å². The predicted octanol–water partition coefficient (Wildman–Crippen LogP) is 4.99. The molecule has 0 aromatic heterocycles. The molecule has 120 valence electrons. The molecule has 0 radical (unpaired) electrons. The van der Waals surface area contributed by atoms with Crippen LogP contribution in [0.15, 0.2) is 30.3 Å². The van der Waals surface area contributed by atoms with E-state index in [0.717, 1.165) is 25.7 Å². The summed E-state index contributed by atoms with van der Waals surface area (Å²) in [5, 5.41) is 21.1. The minimum absolute atomic E-state index is 0.0731. The van der Waals surface area contributed by atoms with Crippen molar-refractivity contribution in [3.8, 4) is 0 Å². The van der Waals surface area contributed by atoms with Crippen LogP contribution in [0, 0.1) is 5.92 Å². The zero-order valence-electron chi connectivity index (χ0n) is 13.7. The van der Waals surface area contributed by atoms with Gasteiger partial charge in [-0.1, -0.05) is 89.1 Å². The Kier molecular flexibility index (Phi) is 8.63. The normalized spacial score (nSPS) is 13.3. The highest BCUT2D eigenvalue weighted by atomic mass is 16.5. The molecule has 0 aliphatic heterocycles. The van der Waals surface area contributed by atoms with Gasteiger partial charge in [-0.3, -0.25) is 0 Å². The van der Waals surface area contributed by atoms with E-state index in [1.165, 1.54) is 32.1 Å². The number of unbranched alkanes of at least 4 members (excludes halogenated alkanes) is 5. The Balaban J connectivity index is 2.51. The van der Waals surface area contributed by atoms with Gasteiger partial charge in [-0.2, -0.15) is 0 Å². The fourth-order valence-corrected chi connectivity index (χ4v) is 2.99. The molecule has 0 saturated heterocycles. The fourth-order valence-electron chi connectivity index (χ4n) is 2.99. The molecule has 2 N–H and O–H groups in total.